The first-order valence-electron chi connectivity index (χ1n) is 7.31. The average molecular weight is 245 g/mol. The molecule has 0 bridgehead atoms. The standard InChI is InChI=1S/C17H27N/c1-11-8-14(4)17(15(5)9-11)18-16-7-6-12(2)13(3)10-16/h8-9,12-13,16,18H,6-7,10H2,1-5H3. The molecule has 0 aliphatic heterocycles. The van der Waals surface area contributed by atoms with Gasteiger partial charge < -0.3 is 5.32 Å². The van der Waals surface area contributed by atoms with Crippen molar-refractivity contribution in [2.45, 2.75) is 59.9 Å². The molecule has 18 heavy (non-hydrogen) atoms. The first kappa shape index (κ1) is 13.5. The van der Waals surface area contributed by atoms with Crippen molar-refractivity contribution in [2.24, 2.45) is 11.8 Å². The number of benzene rings is 1. The lowest BCUT2D eigenvalue weighted by molar-refractivity contribution is 0.261. The zero-order valence-electron chi connectivity index (χ0n) is 12.5. The van der Waals surface area contributed by atoms with E-state index in [1.54, 1.807) is 0 Å². The summed E-state index contributed by atoms with van der Waals surface area (Å²) in [6, 6.07) is 5.23. The van der Waals surface area contributed by atoms with Gasteiger partial charge in [-0.2, -0.15) is 0 Å². The summed E-state index contributed by atoms with van der Waals surface area (Å²) in [6.45, 7) is 11.4. The van der Waals surface area contributed by atoms with E-state index in [0.717, 1.165) is 11.8 Å². The van der Waals surface area contributed by atoms with Crippen molar-refractivity contribution >= 4 is 5.69 Å². The van der Waals surface area contributed by atoms with Gasteiger partial charge in [0.25, 0.3) is 0 Å². The fourth-order valence-electron chi connectivity index (χ4n) is 3.29. The molecular weight excluding hydrogens is 218 g/mol. The highest BCUT2D eigenvalue weighted by Gasteiger charge is 2.24. The van der Waals surface area contributed by atoms with E-state index < -0.39 is 0 Å². The maximum atomic E-state index is 3.80. The monoisotopic (exact) mass is 245 g/mol. The smallest absolute Gasteiger partial charge is 0.0401 e. The highest BCUT2D eigenvalue weighted by Crippen LogP contribution is 2.32. The fraction of sp³-hybridized carbons (Fsp3) is 0.647. The van der Waals surface area contributed by atoms with Gasteiger partial charge in [0.15, 0.2) is 0 Å². The summed E-state index contributed by atoms with van der Waals surface area (Å²) in [6.07, 6.45) is 4.00. The molecule has 1 aliphatic rings. The quantitative estimate of drug-likeness (QED) is 0.785. The van der Waals surface area contributed by atoms with Crippen LogP contribution in [0, 0.1) is 32.6 Å². The Kier molecular flexibility index (Phi) is 3.99. The molecule has 1 heteroatoms. The highest BCUT2D eigenvalue weighted by molar-refractivity contribution is 5.58. The molecule has 1 aromatic rings. The van der Waals surface area contributed by atoms with Gasteiger partial charge in [-0.05, 0) is 63.0 Å². The van der Waals surface area contributed by atoms with Gasteiger partial charge in [0.2, 0.25) is 0 Å². The molecular formula is C17H27N. The number of rotatable bonds is 2. The van der Waals surface area contributed by atoms with Crippen LogP contribution < -0.4 is 5.32 Å². The van der Waals surface area contributed by atoms with Crippen molar-refractivity contribution in [3.05, 3.63) is 28.8 Å². The lowest BCUT2D eigenvalue weighted by Crippen LogP contribution is -2.30. The molecule has 0 aromatic heterocycles. The number of nitrogens with one attached hydrogen (secondary N) is 1. The van der Waals surface area contributed by atoms with Crippen LogP contribution in [0.5, 0.6) is 0 Å². The molecule has 1 N–H and O–H groups in total. The molecule has 1 aliphatic carbocycles. The maximum absolute atomic E-state index is 3.80. The molecule has 1 aromatic carbocycles. The molecule has 0 radical (unpaired) electrons. The third-order valence-electron chi connectivity index (χ3n) is 4.62. The molecule has 2 rings (SSSR count). The summed E-state index contributed by atoms with van der Waals surface area (Å²) in [5.74, 6) is 1.74. The van der Waals surface area contributed by atoms with Gasteiger partial charge in [0, 0.05) is 11.7 Å². The van der Waals surface area contributed by atoms with Crippen LogP contribution in [0.25, 0.3) is 0 Å². The van der Waals surface area contributed by atoms with Gasteiger partial charge in [-0.25, -0.2) is 0 Å². The summed E-state index contributed by atoms with van der Waals surface area (Å²) < 4.78 is 0. The van der Waals surface area contributed by atoms with Crippen LogP contribution in [-0.2, 0) is 0 Å². The van der Waals surface area contributed by atoms with Crippen LogP contribution in [0.3, 0.4) is 0 Å². The molecule has 1 fully saturated rings. The summed E-state index contributed by atoms with van der Waals surface area (Å²) in [7, 11) is 0. The second-order valence-electron chi connectivity index (χ2n) is 6.38. The first-order valence-corrected chi connectivity index (χ1v) is 7.31. The van der Waals surface area contributed by atoms with E-state index >= 15 is 0 Å². The Morgan fingerprint density at radius 2 is 1.56 bits per heavy atom. The molecule has 1 nitrogen and oxygen atoms in total. The van der Waals surface area contributed by atoms with Crippen molar-refractivity contribution in [3.8, 4) is 0 Å². The summed E-state index contributed by atoms with van der Waals surface area (Å²) in [5.41, 5.74) is 5.51. The number of anilines is 1. The molecule has 3 unspecified atom stereocenters. The van der Waals surface area contributed by atoms with Crippen molar-refractivity contribution in [3.63, 3.8) is 0 Å². The third kappa shape index (κ3) is 2.88. The minimum absolute atomic E-state index is 0.663. The van der Waals surface area contributed by atoms with Gasteiger partial charge in [-0.1, -0.05) is 31.5 Å². The van der Waals surface area contributed by atoms with Crippen LogP contribution in [0.2, 0.25) is 0 Å². The predicted octanol–water partition coefficient (Wildman–Crippen LogP) is 4.85. The van der Waals surface area contributed by atoms with Gasteiger partial charge >= 0.3 is 0 Å². The van der Waals surface area contributed by atoms with Crippen molar-refractivity contribution in [1.29, 1.82) is 0 Å². The summed E-state index contributed by atoms with van der Waals surface area (Å²) in [5, 5.41) is 3.80. The van der Waals surface area contributed by atoms with Crippen LogP contribution >= 0.6 is 0 Å². The molecule has 0 spiro atoms. The topological polar surface area (TPSA) is 12.0 Å². The minimum Gasteiger partial charge on any atom is -0.382 e. The van der Waals surface area contributed by atoms with E-state index in [9.17, 15) is 0 Å². The lowest BCUT2D eigenvalue weighted by atomic mass is 9.79. The number of hydrogen-bond acceptors (Lipinski definition) is 1. The molecule has 3 atom stereocenters. The van der Waals surface area contributed by atoms with Gasteiger partial charge in [-0.15, -0.1) is 0 Å². The first-order chi connectivity index (χ1) is 8.47. The second-order valence-corrected chi connectivity index (χ2v) is 6.38. The Hall–Kier alpha value is -0.980. The van der Waals surface area contributed by atoms with Crippen molar-refractivity contribution in [2.75, 3.05) is 5.32 Å². The predicted molar refractivity (Wildman–Crippen MR) is 80.2 cm³/mol. The van der Waals surface area contributed by atoms with Gasteiger partial charge in [-0.3, -0.25) is 0 Å². The Morgan fingerprint density at radius 1 is 0.944 bits per heavy atom. The molecule has 1 saturated carbocycles. The zero-order chi connectivity index (χ0) is 13.3. The van der Waals surface area contributed by atoms with Gasteiger partial charge in [0.05, 0.1) is 0 Å². The molecule has 0 saturated heterocycles. The fourth-order valence-corrected chi connectivity index (χ4v) is 3.29. The Morgan fingerprint density at radius 3 is 2.11 bits per heavy atom. The Bertz CT molecular complexity index is 399. The van der Waals surface area contributed by atoms with Crippen LogP contribution in [0.4, 0.5) is 5.69 Å². The maximum Gasteiger partial charge on any atom is 0.0401 e. The average Bonchev–Trinajstić information content (AvgIpc) is 2.28. The van der Waals surface area contributed by atoms with E-state index in [4.69, 9.17) is 0 Å². The van der Waals surface area contributed by atoms with Crippen LogP contribution in [0.1, 0.15) is 49.8 Å². The van der Waals surface area contributed by atoms with E-state index in [1.165, 1.54) is 41.6 Å². The molecule has 100 valence electrons. The van der Waals surface area contributed by atoms with Gasteiger partial charge in [0.1, 0.15) is 0 Å². The van der Waals surface area contributed by atoms with Crippen LogP contribution in [-0.4, -0.2) is 6.04 Å². The largest absolute Gasteiger partial charge is 0.382 e. The normalized spacial score (nSPS) is 28.2. The van der Waals surface area contributed by atoms with E-state index in [2.05, 4.69) is 52.1 Å². The lowest BCUT2D eigenvalue weighted by Gasteiger charge is -2.34. The van der Waals surface area contributed by atoms with E-state index in [0.29, 0.717) is 6.04 Å². The SMILES string of the molecule is Cc1cc(C)c(NC2CCC(C)C(C)C2)c(C)c1. The molecule has 0 amide bonds. The van der Waals surface area contributed by atoms with Crippen LogP contribution in [0.15, 0.2) is 12.1 Å². The van der Waals surface area contributed by atoms with E-state index in [-0.39, 0.29) is 0 Å². The Labute approximate surface area is 112 Å². The Balaban J connectivity index is 2.10. The summed E-state index contributed by atoms with van der Waals surface area (Å²) in [4.78, 5) is 0. The zero-order valence-corrected chi connectivity index (χ0v) is 12.5. The summed E-state index contributed by atoms with van der Waals surface area (Å²) >= 11 is 0. The third-order valence-corrected chi connectivity index (χ3v) is 4.62. The second kappa shape index (κ2) is 5.34. The van der Waals surface area contributed by atoms with Crippen molar-refractivity contribution < 1.29 is 0 Å². The minimum atomic E-state index is 0.663. The van der Waals surface area contributed by atoms with Crippen molar-refractivity contribution in [1.82, 2.24) is 0 Å². The highest BCUT2D eigenvalue weighted by atomic mass is 14.9. The molecule has 0 heterocycles. The van der Waals surface area contributed by atoms with E-state index in [1.807, 2.05) is 0 Å². The number of aryl methyl sites for hydroxylation is 3. The number of hydrogen-bond donors (Lipinski definition) is 1.